The summed E-state index contributed by atoms with van der Waals surface area (Å²) in [5.41, 5.74) is 0.211. The highest BCUT2D eigenvalue weighted by Gasteiger charge is 2.08. The third-order valence-corrected chi connectivity index (χ3v) is 2.26. The predicted molar refractivity (Wildman–Crippen MR) is 66.8 cm³/mol. The molecule has 1 rings (SSSR count). The van der Waals surface area contributed by atoms with Gasteiger partial charge in [-0.2, -0.15) is 0 Å². The SMILES string of the molecule is COCCOCCCOC(=O)c1cc(Cl)ccn1. The second-order valence-corrected chi connectivity index (χ2v) is 3.89. The number of halogens is 1. The second-order valence-electron chi connectivity index (χ2n) is 3.45. The van der Waals surface area contributed by atoms with Crippen LogP contribution in [0.3, 0.4) is 0 Å². The number of ether oxygens (including phenoxy) is 3. The molecule has 0 atom stereocenters. The van der Waals surface area contributed by atoms with Gasteiger partial charge < -0.3 is 14.2 Å². The third kappa shape index (κ3) is 5.95. The van der Waals surface area contributed by atoms with Gasteiger partial charge in [0.25, 0.3) is 0 Å². The van der Waals surface area contributed by atoms with Crippen molar-refractivity contribution < 1.29 is 19.0 Å². The zero-order chi connectivity index (χ0) is 13.2. The molecule has 0 unspecified atom stereocenters. The van der Waals surface area contributed by atoms with Crippen LogP contribution in [-0.2, 0) is 14.2 Å². The molecule has 0 radical (unpaired) electrons. The van der Waals surface area contributed by atoms with Crippen molar-refractivity contribution in [3.05, 3.63) is 29.0 Å². The lowest BCUT2D eigenvalue weighted by Gasteiger charge is -2.05. The molecular weight excluding hydrogens is 258 g/mol. The van der Waals surface area contributed by atoms with Crippen LogP contribution < -0.4 is 0 Å². The number of carbonyl (C=O) groups is 1. The number of pyridine rings is 1. The first-order chi connectivity index (χ1) is 8.74. The Morgan fingerprint density at radius 3 is 2.89 bits per heavy atom. The molecule has 1 aromatic rings. The molecule has 6 heteroatoms. The first kappa shape index (κ1) is 14.9. The number of nitrogens with zero attached hydrogens (tertiary/aromatic N) is 1. The Bertz CT molecular complexity index is 373. The Morgan fingerprint density at radius 2 is 2.17 bits per heavy atom. The number of aromatic nitrogens is 1. The van der Waals surface area contributed by atoms with Gasteiger partial charge in [0.05, 0.1) is 19.8 Å². The van der Waals surface area contributed by atoms with Crippen molar-refractivity contribution in [1.29, 1.82) is 0 Å². The molecule has 0 aliphatic carbocycles. The maximum atomic E-state index is 11.5. The molecule has 0 saturated carbocycles. The van der Waals surface area contributed by atoms with E-state index in [0.717, 1.165) is 0 Å². The topological polar surface area (TPSA) is 57.7 Å². The van der Waals surface area contributed by atoms with Crippen molar-refractivity contribution >= 4 is 17.6 Å². The molecule has 1 heterocycles. The minimum atomic E-state index is -0.477. The minimum Gasteiger partial charge on any atom is -0.461 e. The van der Waals surface area contributed by atoms with Gasteiger partial charge in [-0.25, -0.2) is 9.78 Å². The lowest BCUT2D eigenvalue weighted by molar-refractivity contribution is 0.0380. The summed E-state index contributed by atoms with van der Waals surface area (Å²) in [5.74, 6) is -0.477. The highest BCUT2D eigenvalue weighted by Crippen LogP contribution is 2.08. The molecule has 0 amide bonds. The highest BCUT2D eigenvalue weighted by atomic mass is 35.5. The van der Waals surface area contributed by atoms with Gasteiger partial charge in [-0.05, 0) is 12.1 Å². The maximum Gasteiger partial charge on any atom is 0.356 e. The molecule has 100 valence electrons. The summed E-state index contributed by atoms with van der Waals surface area (Å²) in [7, 11) is 1.61. The van der Waals surface area contributed by atoms with Crippen LogP contribution >= 0.6 is 11.6 Å². The van der Waals surface area contributed by atoms with Crippen molar-refractivity contribution in [3.8, 4) is 0 Å². The van der Waals surface area contributed by atoms with Crippen molar-refractivity contribution in [2.45, 2.75) is 6.42 Å². The lowest BCUT2D eigenvalue weighted by atomic mass is 10.3. The quantitative estimate of drug-likeness (QED) is 0.535. The lowest BCUT2D eigenvalue weighted by Crippen LogP contribution is -2.10. The fourth-order valence-corrected chi connectivity index (χ4v) is 1.32. The maximum absolute atomic E-state index is 11.5. The van der Waals surface area contributed by atoms with Crippen LogP contribution in [-0.4, -0.2) is 44.5 Å². The molecule has 0 N–H and O–H groups in total. The van der Waals surface area contributed by atoms with E-state index in [9.17, 15) is 4.79 Å². The van der Waals surface area contributed by atoms with Crippen LogP contribution in [0.1, 0.15) is 16.9 Å². The minimum absolute atomic E-state index is 0.211. The van der Waals surface area contributed by atoms with Crippen LogP contribution in [0.15, 0.2) is 18.3 Å². The fourth-order valence-electron chi connectivity index (χ4n) is 1.16. The summed E-state index contributed by atoms with van der Waals surface area (Å²) in [6, 6.07) is 3.07. The largest absolute Gasteiger partial charge is 0.461 e. The van der Waals surface area contributed by atoms with E-state index < -0.39 is 5.97 Å². The molecule has 0 spiro atoms. The van der Waals surface area contributed by atoms with Crippen molar-refractivity contribution in [2.24, 2.45) is 0 Å². The Kier molecular flexibility index (Phi) is 7.32. The van der Waals surface area contributed by atoms with E-state index in [1.54, 1.807) is 13.2 Å². The molecule has 0 fully saturated rings. The Morgan fingerprint density at radius 1 is 1.33 bits per heavy atom. The van der Waals surface area contributed by atoms with Gasteiger partial charge in [0.2, 0.25) is 0 Å². The van der Waals surface area contributed by atoms with E-state index in [4.69, 9.17) is 25.8 Å². The number of esters is 1. The van der Waals surface area contributed by atoms with E-state index in [1.807, 2.05) is 0 Å². The van der Waals surface area contributed by atoms with Gasteiger partial charge in [-0.1, -0.05) is 11.6 Å². The summed E-state index contributed by atoms with van der Waals surface area (Å²) in [6.07, 6.45) is 2.10. The van der Waals surface area contributed by atoms with Gasteiger partial charge in [0.15, 0.2) is 0 Å². The van der Waals surface area contributed by atoms with Crippen LogP contribution in [0.4, 0.5) is 0 Å². The number of methoxy groups -OCH3 is 1. The van der Waals surface area contributed by atoms with E-state index in [0.29, 0.717) is 37.9 Å². The fraction of sp³-hybridized carbons (Fsp3) is 0.500. The zero-order valence-electron chi connectivity index (χ0n) is 10.2. The second kappa shape index (κ2) is 8.85. The first-order valence-electron chi connectivity index (χ1n) is 5.59. The van der Waals surface area contributed by atoms with Crippen LogP contribution in [0, 0.1) is 0 Å². The van der Waals surface area contributed by atoms with Gasteiger partial charge in [-0.15, -0.1) is 0 Å². The average Bonchev–Trinajstić information content (AvgIpc) is 2.37. The molecule has 1 aromatic heterocycles. The first-order valence-corrected chi connectivity index (χ1v) is 5.97. The molecule has 0 saturated heterocycles. The summed E-state index contributed by atoms with van der Waals surface area (Å²) in [6.45, 7) is 1.92. The standard InChI is InChI=1S/C12H16ClNO4/c1-16-7-8-17-5-2-6-18-12(15)11-9-10(13)3-4-14-11/h3-4,9H,2,5-8H2,1H3. The number of hydrogen-bond donors (Lipinski definition) is 0. The number of rotatable bonds is 8. The van der Waals surface area contributed by atoms with Crippen LogP contribution in [0.2, 0.25) is 5.02 Å². The Labute approximate surface area is 111 Å². The normalized spacial score (nSPS) is 10.3. The van der Waals surface area contributed by atoms with E-state index >= 15 is 0 Å². The van der Waals surface area contributed by atoms with Gasteiger partial charge in [0.1, 0.15) is 5.69 Å². The summed E-state index contributed by atoms with van der Waals surface area (Å²) in [4.78, 5) is 15.4. The highest BCUT2D eigenvalue weighted by molar-refractivity contribution is 6.30. The Hall–Kier alpha value is -1.17. The molecule has 0 aliphatic heterocycles. The summed E-state index contributed by atoms with van der Waals surface area (Å²) in [5, 5.41) is 0.458. The molecule has 0 bridgehead atoms. The van der Waals surface area contributed by atoms with E-state index in [-0.39, 0.29) is 5.69 Å². The zero-order valence-corrected chi connectivity index (χ0v) is 11.0. The molecular formula is C12H16ClNO4. The molecule has 0 aliphatic rings. The third-order valence-electron chi connectivity index (χ3n) is 2.03. The van der Waals surface area contributed by atoms with Gasteiger partial charge in [-0.3, -0.25) is 0 Å². The molecule has 18 heavy (non-hydrogen) atoms. The van der Waals surface area contributed by atoms with Crippen LogP contribution in [0.25, 0.3) is 0 Å². The van der Waals surface area contributed by atoms with E-state index in [2.05, 4.69) is 4.98 Å². The number of hydrogen-bond acceptors (Lipinski definition) is 5. The molecule has 0 aromatic carbocycles. The van der Waals surface area contributed by atoms with E-state index in [1.165, 1.54) is 12.3 Å². The van der Waals surface area contributed by atoms with Crippen molar-refractivity contribution in [1.82, 2.24) is 4.98 Å². The summed E-state index contributed by atoms with van der Waals surface area (Å²) < 4.78 is 15.1. The Balaban J connectivity index is 2.14. The average molecular weight is 274 g/mol. The van der Waals surface area contributed by atoms with Crippen LogP contribution in [0.5, 0.6) is 0 Å². The van der Waals surface area contributed by atoms with Crippen molar-refractivity contribution in [2.75, 3.05) is 33.5 Å². The monoisotopic (exact) mass is 273 g/mol. The number of carbonyl (C=O) groups excluding carboxylic acids is 1. The van der Waals surface area contributed by atoms with Crippen molar-refractivity contribution in [3.63, 3.8) is 0 Å². The molecule has 5 nitrogen and oxygen atoms in total. The van der Waals surface area contributed by atoms with Gasteiger partial charge in [0, 0.05) is 31.4 Å². The smallest absolute Gasteiger partial charge is 0.356 e. The summed E-state index contributed by atoms with van der Waals surface area (Å²) >= 11 is 5.74. The predicted octanol–water partition coefficient (Wildman–Crippen LogP) is 1.94. The van der Waals surface area contributed by atoms with Gasteiger partial charge >= 0.3 is 5.97 Å².